The zero-order valence-corrected chi connectivity index (χ0v) is 13.1. The lowest BCUT2D eigenvalue weighted by Crippen LogP contribution is -2.41. The molecule has 1 rings (SSSR count). The molecular formula is C15H22ClNO3. The Morgan fingerprint density at radius 2 is 1.90 bits per heavy atom. The highest BCUT2D eigenvalue weighted by Gasteiger charge is 2.27. The predicted octanol–water partition coefficient (Wildman–Crippen LogP) is 3.02. The van der Waals surface area contributed by atoms with Gasteiger partial charge in [-0.1, -0.05) is 31.5 Å². The van der Waals surface area contributed by atoms with Gasteiger partial charge in [0, 0.05) is 5.02 Å². The van der Waals surface area contributed by atoms with Crippen molar-refractivity contribution in [3.8, 4) is 5.75 Å². The third-order valence-corrected chi connectivity index (χ3v) is 3.10. The predicted molar refractivity (Wildman–Crippen MR) is 79.9 cm³/mol. The Morgan fingerprint density at radius 3 is 2.40 bits per heavy atom. The molecule has 0 fully saturated rings. The third kappa shape index (κ3) is 5.02. The summed E-state index contributed by atoms with van der Waals surface area (Å²) in [5.41, 5.74) is 5.52. The first-order chi connectivity index (χ1) is 9.31. The molecule has 0 heterocycles. The molecule has 0 aliphatic rings. The molecule has 0 aliphatic heterocycles. The van der Waals surface area contributed by atoms with Crippen molar-refractivity contribution in [3.05, 3.63) is 29.3 Å². The van der Waals surface area contributed by atoms with E-state index in [9.17, 15) is 4.79 Å². The number of benzene rings is 1. The quantitative estimate of drug-likeness (QED) is 0.820. The smallest absolute Gasteiger partial charge is 0.323 e. The number of rotatable bonds is 6. The van der Waals surface area contributed by atoms with E-state index in [1.165, 1.54) is 0 Å². The molecule has 3 atom stereocenters. The number of hydrogen-bond donors (Lipinski definition) is 1. The van der Waals surface area contributed by atoms with E-state index >= 15 is 0 Å². The molecule has 0 aromatic heterocycles. The maximum atomic E-state index is 11.6. The van der Waals surface area contributed by atoms with Crippen LogP contribution in [0.1, 0.15) is 27.7 Å². The number of halogens is 1. The first-order valence-corrected chi connectivity index (χ1v) is 7.07. The minimum absolute atomic E-state index is 0.117. The van der Waals surface area contributed by atoms with E-state index in [-0.39, 0.29) is 18.1 Å². The number of carbonyl (C=O) groups excluding carboxylic acids is 1. The lowest BCUT2D eigenvalue weighted by molar-refractivity contribution is -0.157. The lowest BCUT2D eigenvalue weighted by atomic mass is 10.0. The lowest BCUT2D eigenvalue weighted by Gasteiger charge is -2.28. The van der Waals surface area contributed by atoms with Gasteiger partial charge in [-0.05, 0) is 38.0 Å². The molecule has 0 saturated carbocycles. The number of ether oxygens (including phenoxy) is 2. The third-order valence-electron chi connectivity index (χ3n) is 2.86. The van der Waals surface area contributed by atoms with Gasteiger partial charge in [0.05, 0.1) is 0 Å². The fourth-order valence-corrected chi connectivity index (χ4v) is 2.02. The molecule has 20 heavy (non-hydrogen) atoms. The Bertz CT molecular complexity index is 448. The number of hydrogen-bond acceptors (Lipinski definition) is 4. The van der Waals surface area contributed by atoms with E-state index in [0.29, 0.717) is 10.8 Å². The van der Waals surface area contributed by atoms with Crippen molar-refractivity contribution in [2.24, 2.45) is 11.7 Å². The summed E-state index contributed by atoms with van der Waals surface area (Å²) in [5, 5.41) is 0.600. The van der Waals surface area contributed by atoms with Crippen LogP contribution in [0, 0.1) is 5.92 Å². The van der Waals surface area contributed by atoms with Gasteiger partial charge < -0.3 is 15.2 Å². The minimum atomic E-state index is -0.644. The molecule has 0 spiro atoms. The molecule has 5 heteroatoms. The fraction of sp³-hybridized carbons (Fsp3) is 0.533. The zero-order valence-electron chi connectivity index (χ0n) is 12.3. The van der Waals surface area contributed by atoms with Gasteiger partial charge in [-0.25, -0.2) is 0 Å². The van der Waals surface area contributed by atoms with Gasteiger partial charge in [0.25, 0.3) is 0 Å². The summed E-state index contributed by atoms with van der Waals surface area (Å²) in [6, 6.07) is 6.48. The van der Waals surface area contributed by atoms with Crippen LogP contribution >= 0.6 is 11.6 Å². The van der Waals surface area contributed by atoms with E-state index in [4.69, 9.17) is 26.8 Å². The Labute approximate surface area is 125 Å². The van der Waals surface area contributed by atoms with Crippen molar-refractivity contribution in [3.63, 3.8) is 0 Å². The number of nitrogens with two attached hydrogens (primary N) is 1. The first-order valence-electron chi connectivity index (χ1n) is 6.69. The summed E-state index contributed by atoms with van der Waals surface area (Å²) < 4.78 is 11.2. The molecular weight excluding hydrogens is 278 g/mol. The summed E-state index contributed by atoms with van der Waals surface area (Å²) >= 11 is 5.91. The van der Waals surface area contributed by atoms with Crippen molar-refractivity contribution < 1.29 is 14.3 Å². The average molecular weight is 300 g/mol. The van der Waals surface area contributed by atoms with Gasteiger partial charge in [-0.15, -0.1) is 0 Å². The van der Waals surface area contributed by atoms with Crippen LogP contribution in [-0.4, -0.2) is 24.2 Å². The van der Waals surface area contributed by atoms with Gasteiger partial charge in [-0.3, -0.25) is 4.79 Å². The molecule has 112 valence electrons. The maximum absolute atomic E-state index is 11.6. The fourth-order valence-electron chi connectivity index (χ4n) is 1.84. The van der Waals surface area contributed by atoms with E-state index in [0.717, 1.165) is 0 Å². The monoisotopic (exact) mass is 299 g/mol. The van der Waals surface area contributed by atoms with Gasteiger partial charge >= 0.3 is 5.97 Å². The van der Waals surface area contributed by atoms with Gasteiger partial charge in [-0.2, -0.15) is 0 Å². The summed E-state index contributed by atoms with van der Waals surface area (Å²) in [6.07, 6.45) is -0.663. The molecule has 1 unspecified atom stereocenters. The average Bonchev–Trinajstić information content (AvgIpc) is 2.34. The molecule has 2 N–H and O–H groups in total. The second kappa shape index (κ2) is 7.50. The topological polar surface area (TPSA) is 61.5 Å². The number of carbonyl (C=O) groups is 1. The molecule has 4 nitrogen and oxygen atoms in total. The van der Waals surface area contributed by atoms with Crippen LogP contribution in [0.3, 0.4) is 0 Å². The molecule has 0 amide bonds. The van der Waals surface area contributed by atoms with Crippen molar-refractivity contribution in [1.82, 2.24) is 0 Å². The summed E-state index contributed by atoms with van der Waals surface area (Å²) in [6.45, 7) is 7.40. The SMILES string of the molecule is CC(C)C(OC(=O)[C@H](C)N)[C@H](C)Oc1cccc(Cl)c1. The minimum Gasteiger partial charge on any atom is -0.487 e. The largest absolute Gasteiger partial charge is 0.487 e. The zero-order chi connectivity index (χ0) is 15.3. The van der Waals surface area contributed by atoms with Crippen LogP contribution < -0.4 is 10.5 Å². The van der Waals surface area contributed by atoms with Crippen molar-refractivity contribution >= 4 is 17.6 Å². The summed E-state index contributed by atoms with van der Waals surface area (Å²) in [4.78, 5) is 11.6. The van der Waals surface area contributed by atoms with Crippen LogP contribution in [0.2, 0.25) is 5.02 Å². The highest BCUT2D eigenvalue weighted by atomic mass is 35.5. The highest BCUT2D eigenvalue weighted by molar-refractivity contribution is 6.30. The van der Waals surface area contributed by atoms with Crippen molar-refractivity contribution in [2.45, 2.75) is 45.9 Å². The maximum Gasteiger partial charge on any atom is 0.323 e. The van der Waals surface area contributed by atoms with E-state index in [1.807, 2.05) is 32.9 Å². The van der Waals surface area contributed by atoms with Gasteiger partial charge in [0.15, 0.2) is 0 Å². The van der Waals surface area contributed by atoms with Crippen LogP contribution in [0.5, 0.6) is 5.75 Å². The standard InChI is InChI=1S/C15H22ClNO3/c1-9(2)14(20-15(18)10(3)17)11(4)19-13-7-5-6-12(16)8-13/h5-11,14H,17H2,1-4H3/t10-,11-,14?/m0/s1. The highest BCUT2D eigenvalue weighted by Crippen LogP contribution is 2.22. The molecule has 1 aromatic rings. The van der Waals surface area contributed by atoms with Crippen molar-refractivity contribution in [2.75, 3.05) is 0 Å². The van der Waals surface area contributed by atoms with Crippen LogP contribution in [0.25, 0.3) is 0 Å². The van der Waals surface area contributed by atoms with Crippen molar-refractivity contribution in [1.29, 1.82) is 0 Å². The molecule has 1 aromatic carbocycles. The first kappa shape index (κ1) is 16.8. The van der Waals surface area contributed by atoms with E-state index in [2.05, 4.69) is 0 Å². The Kier molecular flexibility index (Phi) is 6.30. The Hall–Kier alpha value is -1.26. The van der Waals surface area contributed by atoms with Crippen LogP contribution in [0.4, 0.5) is 0 Å². The van der Waals surface area contributed by atoms with Crippen LogP contribution in [0.15, 0.2) is 24.3 Å². The summed E-state index contributed by atoms with van der Waals surface area (Å²) in [7, 11) is 0. The number of esters is 1. The normalized spacial score (nSPS) is 15.6. The van der Waals surface area contributed by atoms with Gasteiger partial charge in [0.1, 0.15) is 24.0 Å². The second-order valence-electron chi connectivity index (χ2n) is 5.21. The Morgan fingerprint density at radius 1 is 1.25 bits per heavy atom. The summed E-state index contributed by atoms with van der Waals surface area (Å²) in [5.74, 6) is 0.338. The molecule has 0 bridgehead atoms. The van der Waals surface area contributed by atoms with Crippen LogP contribution in [-0.2, 0) is 9.53 Å². The van der Waals surface area contributed by atoms with E-state index in [1.54, 1.807) is 19.1 Å². The van der Waals surface area contributed by atoms with Gasteiger partial charge in [0.2, 0.25) is 0 Å². The second-order valence-corrected chi connectivity index (χ2v) is 5.65. The van der Waals surface area contributed by atoms with E-state index < -0.39 is 12.0 Å². The Balaban J connectivity index is 2.74. The molecule has 0 radical (unpaired) electrons. The molecule has 0 saturated heterocycles. The molecule has 0 aliphatic carbocycles.